The summed E-state index contributed by atoms with van der Waals surface area (Å²) in [6.07, 6.45) is 3.40. The van der Waals surface area contributed by atoms with Gasteiger partial charge in [-0.3, -0.25) is 14.3 Å². The van der Waals surface area contributed by atoms with Crippen molar-refractivity contribution in [3.05, 3.63) is 65.2 Å². The minimum absolute atomic E-state index is 0.0219. The fourth-order valence-corrected chi connectivity index (χ4v) is 4.42. The molecule has 3 heterocycles. The van der Waals surface area contributed by atoms with Gasteiger partial charge in [0, 0.05) is 30.3 Å². The van der Waals surface area contributed by atoms with Crippen molar-refractivity contribution in [3.8, 4) is 17.2 Å². The number of hydrogen-bond acceptors (Lipinski definition) is 6. The van der Waals surface area contributed by atoms with Gasteiger partial charge in [0.25, 0.3) is 0 Å². The van der Waals surface area contributed by atoms with E-state index in [1.165, 1.54) is 0 Å². The molecule has 0 saturated carbocycles. The lowest BCUT2D eigenvalue weighted by Gasteiger charge is -2.31. The summed E-state index contributed by atoms with van der Waals surface area (Å²) in [5.41, 5.74) is 1.70. The molecule has 0 spiro atoms. The third-order valence-corrected chi connectivity index (χ3v) is 6.29. The largest absolute Gasteiger partial charge is 0.486 e. The summed E-state index contributed by atoms with van der Waals surface area (Å²) in [6.45, 7) is 3.36. The van der Waals surface area contributed by atoms with Crippen LogP contribution in [0.4, 0.5) is 0 Å². The Labute approximate surface area is 185 Å². The van der Waals surface area contributed by atoms with Crippen molar-refractivity contribution in [1.82, 2.24) is 19.2 Å². The van der Waals surface area contributed by atoms with E-state index in [4.69, 9.17) is 21.7 Å². The van der Waals surface area contributed by atoms with E-state index in [1.54, 1.807) is 6.33 Å². The number of rotatable bonds is 5. The molecular formula is C23H24N4O3S. The number of piperidine rings is 1. The summed E-state index contributed by atoms with van der Waals surface area (Å²) in [6, 6.07) is 15.5. The van der Waals surface area contributed by atoms with Crippen LogP contribution in [-0.2, 0) is 6.67 Å². The second-order valence-electron chi connectivity index (χ2n) is 7.88. The number of fused-ring (bicyclic) bond motifs is 1. The molecule has 1 saturated heterocycles. The molecule has 5 rings (SSSR count). The highest BCUT2D eigenvalue weighted by Gasteiger charge is 2.27. The molecule has 160 valence electrons. The lowest BCUT2D eigenvalue weighted by Crippen LogP contribution is -2.37. The zero-order chi connectivity index (χ0) is 21.2. The first-order chi connectivity index (χ1) is 15.2. The fraction of sp³-hybridized carbons (Fsp3) is 0.348. The highest BCUT2D eigenvalue weighted by molar-refractivity contribution is 7.71. The Kier molecular flexibility index (Phi) is 5.57. The van der Waals surface area contributed by atoms with Crippen LogP contribution in [0.15, 0.2) is 54.9 Å². The molecule has 0 aliphatic carbocycles. The van der Waals surface area contributed by atoms with Crippen LogP contribution < -0.4 is 9.47 Å². The van der Waals surface area contributed by atoms with Gasteiger partial charge in [-0.15, -0.1) is 0 Å². The molecule has 7 nitrogen and oxygen atoms in total. The molecule has 8 heteroatoms. The Morgan fingerprint density at radius 1 is 1.03 bits per heavy atom. The zero-order valence-corrected chi connectivity index (χ0v) is 18.0. The molecule has 0 radical (unpaired) electrons. The van der Waals surface area contributed by atoms with Crippen LogP contribution in [0.2, 0.25) is 0 Å². The maximum atomic E-state index is 13.0. The fourth-order valence-electron chi connectivity index (χ4n) is 4.16. The highest BCUT2D eigenvalue weighted by Crippen LogP contribution is 2.32. The Hall–Kier alpha value is -2.97. The van der Waals surface area contributed by atoms with Crippen molar-refractivity contribution in [2.24, 2.45) is 5.92 Å². The highest BCUT2D eigenvalue weighted by atomic mass is 32.1. The van der Waals surface area contributed by atoms with Crippen molar-refractivity contribution in [1.29, 1.82) is 0 Å². The number of carbonyl (C=O) groups excluding carboxylic acids is 1. The van der Waals surface area contributed by atoms with E-state index >= 15 is 0 Å². The van der Waals surface area contributed by atoms with Crippen molar-refractivity contribution in [3.63, 3.8) is 0 Å². The molecule has 2 aromatic carbocycles. The molecule has 31 heavy (non-hydrogen) atoms. The number of ether oxygens (including phenoxy) is 2. The molecule has 0 unspecified atom stereocenters. The molecule has 2 aliphatic rings. The van der Waals surface area contributed by atoms with Gasteiger partial charge in [-0.2, -0.15) is 5.10 Å². The lowest BCUT2D eigenvalue weighted by atomic mass is 9.89. The number of nitrogens with zero attached hydrogens (tertiary/aromatic N) is 4. The third-order valence-electron chi connectivity index (χ3n) is 5.89. The first-order valence-corrected chi connectivity index (χ1v) is 11.0. The minimum atomic E-state index is 0.0219. The van der Waals surface area contributed by atoms with Crippen molar-refractivity contribution >= 4 is 18.0 Å². The molecule has 0 bridgehead atoms. The second kappa shape index (κ2) is 8.64. The van der Waals surface area contributed by atoms with Crippen LogP contribution in [0.3, 0.4) is 0 Å². The van der Waals surface area contributed by atoms with Gasteiger partial charge in [0.05, 0.1) is 6.67 Å². The normalized spacial score (nSPS) is 16.9. The Bertz CT molecular complexity index is 1130. The van der Waals surface area contributed by atoms with E-state index < -0.39 is 0 Å². The predicted molar refractivity (Wildman–Crippen MR) is 118 cm³/mol. The summed E-state index contributed by atoms with van der Waals surface area (Å²) in [7, 11) is 0. The van der Waals surface area contributed by atoms with E-state index in [2.05, 4.69) is 10.00 Å². The average Bonchev–Trinajstić information content (AvgIpc) is 3.19. The molecule has 1 fully saturated rings. The van der Waals surface area contributed by atoms with Gasteiger partial charge >= 0.3 is 0 Å². The first-order valence-electron chi connectivity index (χ1n) is 10.5. The van der Waals surface area contributed by atoms with Crippen LogP contribution >= 0.6 is 12.2 Å². The minimum Gasteiger partial charge on any atom is -0.486 e. The first kappa shape index (κ1) is 20.0. The molecule has 1 aromatic heterocycles. The quantitative estimate of drug-likeness (QED) is 0.449. The number of benzene rings is 2. The van der Waals surface area contributed by atoms with Crippen LogP contribution in [0.5, 0.6) is 11.5 Å². The van der Waals surface area contributed by atoms with Gasteiger partial charge in [0.2, 0.25) is 4.77 Å². The van der Waals surface area contributed by atoms with Crippen molar-refractivity contribution in [2.45, 2.75) is 19.5 Å². The molecule has 0 N–H and O–H groups in total. The van der Waals surface area contributed by atoms with Crippen LogP contribution in [0.1, 0.15) is 23.2 Å². The SMILES string of the molecule is O=C(c1ccc2c(c1)OCCO2)C1CCN(Cn2ncn(-c3ccccc3)c2=S)CC1. The summed E-state index contributed by atoms with van der Waals surface area (Å²) < 4.78 is 15.6. The van der Waals surface area contributed by atoms with Crippen LogP contribution in [-0.4, -0.2) is 51.3 Å². The standard InChI is InChI=1S/C23H24N4O3S/c28-22(18-6-7-20-21(14-18)30-13-12-29-20)17-8-10-25(11-9-17)16-27-23(31)26(15-24-27)19-4-2-1-3-5-19/h1-7,14-15,17H,8-13,16H2. The number of hydrogen-bond donors (Lipinski definition) is 0. The monoisotopic (exact) mass is 436 g/mol. The van der Waals surface area contributed by atoms with Crippen LogP contribution in [0.25, 0.3) is 5.69 Å². The molecule has 0 amide bonds. The number of likely N-dealkylation sites (tertiary alicyclic amines) is 1. The van der Waals surface area contributed by atoms with Gasteiger partial charge < -0.3 is 9.47 Å². The number of Topliss-reactive ketones (excluding diaryl/α,β-unsaturated/α-hetero) is 1. The number of ketones is 1. The maximum absolute atomic E-state index is 13.0. The molecular weight excluding hydrogens is 412 g/mol. The summed E-state index contributed by atoms with van der Waals surface area (Å²) in [5.74, 6) is 1.58. The summed E-state index contributed by atoms with van der Waals surface area (Å²) in [4.78, 5) is 15.3. The Morgan fingerprint density at radius 3 is 2.55 bits per heavy atom. The number of carbonyl (C=O) groups is 1. The smallest absolute Gasteiger partial charge is 0.203 e. The second-order valence-corrected chi connectivity index (χ2v) is 8.24. The van der Waals surface area contributed by atoms with Crippen LogP contribution in [0, 0.1) is 10.7 Å². The van der Waals surface area contributed by atoms with E-state index in [0.717, 1.165) is 31.6 Å². The van der Waals surface area contributed by atoms with E-state index in [9.17, 15) is 4.79 Å². The van der Waals surface area contributed by atoms with Crippen molar-refractivity contribution in [2.75, 3.05) is 26.3 Å². The summed E-state index contributed by atoms with van der Waals surface area (Å²) >= 11 is 5.61. The van der Waals surface area contributed by atoms with Gasteiger partial charge in [-0.1, -0.05) is 18.2 Å². The van der Waals surface area contributed by atoms with E-state index in [0.29, 0.717) is 41.7 Å². The van der Waals surface area contributed by atoms with Crippen molar-refractivity contribution < 1.29 is 14.3 Å². The Balaban J connectivity index is 1.21. The maximum Gasteiger partial charge on any atom is 0.203 e. The van der Waals surface area contributed by atoms with Gasteiger partial charge in [-0.05, 0) is 55.4 Å². The topological polar surface area (TPSA) is 61.5 Å². The molecule has 0 atom stereocenters. The van der Waals surface area contributed by atoms with Gasteiger partial charge in [-0.25, -0.2) is 4.68 Å². The predicted octanol–water partition coefficient (Wildman–Crippen LogP) is 3.73. The van der Waals surface area contributed by atoms with Gasteiger partial charge in [0.15, 0.2) is 17.3 Å². The number of para-hydroxylation sites is 1. The van der Waals surface area contributed by atoms with E-state index in [-0.39, 0.29) is 11.7 Å². The Morgan fingerprint density at radius 2 is 1.77 bits per heavy atom. The zero-order valence-electron chi connectivity index (χ0n) is 17.1. The van der Waals surface area contributed by atoms with E-state index in [1.807, 2.05) is 57.8 Å². The summed E-state index contributed by atoms with van der Waals surface area (Å²) in [5, 5.41) is 4.47. The lowest BCUT2D eigenvalue weighted by molar-refractivity contribution is 0.0802. The van der Waals surface area contributed by atoms with Gasteiger partial charge in [0.1, 0.15) is 19.5 Å². The number of aromatic nitrogens is 3. The molecule has 2 aliphatic heterocycles. The average molecular weight is 437 g/mol. The third kappa shape index (κ3) is 4.13. The molecule has 3 aromatic rings.